The van der Waals surface area contributed by atoms with E-state index in [-0.39, 0.29) is 31.0 Å². The van der Waals surface area contributed by atoms with Crippen LogP contribution in [0.15, 0.2) is 0 Å². The number of carbonyl (C=O) groups is 1. The van der Waals surface area contributed by atoms with E-state index >= 15 is 0 Å². The van der Waals surface area contributed by atoms with E-state index < -0.39 is 12.0 Å². The molecule has 0 aromatic heterocycles. The van der Waals surface area contributed by atoms with E-state index in [4.69, 9.17) is 10.8 Å². The van der Waals surface area contributed by atoms with Gasteiger partial charge in [0.2, 0.25) is 0 Å². The summed E-state index contributed by atoms with van der Waals surface area (Å²) in [7, 11) is 0. The largest absolute Gasteiger partial charge is 1.00 e. The van der Waals surface area contributed by atoms with Crippen LogP contribution in [0.25, 0.3) is 0 Å². The maximum absolute atomic E-state index is 10.6. The van der Waals surface area contributed by atoms with Gasteiger partial charge in [-0.15, -0.1) is 0 Å². The molecule has 0 radical (unpaired) electrons. The minimum atomic E-state index is -0.870. The van der Waals surface area contributed by atoms with Crippen LogP contribution < -0.4 is 35.3 Å². The molecule has 0 saturated carbocycles. The number of hydrogen-bond acceptors (Lipinski definition) is 2. The Morgan fingerprint density at radius 2 is 1.09 bits per heavy atom. The second-order valence-corrected chi connectivity index (χ2v) is 6.68. The number of nitrogens with two attached hydrogens (primary N) is 1. The van der Waals surface area contributed by atoms with Crippen LogP contribution in [0.4, 0.5) is 0 Å². The third kappa shape index (κ3) is 20.4. The molecule has 0 unspecified atom stereocenters. The van der Waals surface area contributed by atoms with E-state index in [1.807, 2.05) is 0 Å². The predicted molar refractivity (Wildman–Crippen MR) is 96.3 cm³/mol. The molecule has 1 atom stereocenters. The molecule has 0 aromatic carbocycles. The Kier molecular flexibility index (Phi) is 22.8. The average molecular weight is 338 g/mol. The summed E-state index contributed by atoms with van der Waals surface area (Å²) in [6.45, 7) is 2.27. The summed E-state index contributed by atoms with van der Waals surface area (Å²) in [5.74, 6) is -0.870. The number of unbranched alkanes of at least 4 members (excludes halogenated alkanes) is 14. The number of aliphatic carboxylic acids is 1. The van der Waals surface area contributed by atoms with Crippen LogP contribution in [-0.4, -0.2) is 17.1 Å². The normalized spacial score (nSPS) is 11.9. The fraction of sp³-hybridized carbons (Fsp3) is 0.947. The van der Waals surface area contributed by atoms with Crippen molar-refractivity contribution in [3.8, 4) is 0 Å². The van der Waals surface area contributed by atoms with E-state index in [9.17, 15) is 4.79 Å². The first-order valence-electron chi connectivity index (χ1n) is 9.67. The summed E-state index contributed by atoms with van der Waals surface area (Å²) in [5, 5.41) is 8.67. The van der Waals surface area contributed by atoms with Gasteiger partial charge in [-0.2, -0.15) is 0 Å². The second-order valence-electron chi connectivity index (χ2n) is 6.68. The zero-order chi connectivity index (χ0) is 16.5. The topological polar surface area (TPSA) is 63.3 Å². The van der Waals surface area contributed by atoms with Crippen LogP contribution in [0, 0.1) is 0 Å². The number of carboxylic acid groups (broad SMARTS) is 1. The smallest absolute Gasteiger partial charge is 1.00 e. The van der Waals surface area contributed by atoms with Crippen LogP contribution in [0.1, 0.15) is 111 Å². The first-order chi connectivity index (χ1) is 10.7. The maximum Gasteiger partial charge on any atom is 1.00 e. The Morgan fingerprint density at radius 3 is 1.39 bits per heavy atom. The quantitative estimate of drug-likeness (QED) is 0.317. The molecule has 0 bridgehead atoms. The molecule has 0 aliphatic carbocycles. The molecule has 134 valence electrons. The molecule has 0 aliphatic heterocycles. The van der Waals surface area contributed by atoms with Gasteiger partial charge < -0.3 is 12.3 Å². The monoisotopic (exact) mass is 337 g/mol. The van der Waals surface area contributed by atoms with Crippen molar-refractivity contribution >= 4 is 5.97 Å². The molecule has 0 amide bonds. The molecule has 3 nitrogen and oxygen atoms in total. The van der Waals surface area contributed by atoms with Crippen molar-refractivity contribution in [2.24, 2.45) is 5.73 Å². The molecule has 23 heavy (non-hydrogen) atoms. The first-order valence-corrected chi connectivity index (χ1v) is 9.67. The van der Waals surface area contributed by atoms with Crippen molar-refractivity contribution < 1.29 is 40.9 Å². The van der Waals surface area contributed by atoms with E-state index in [1.54, 1.807) is 0 Å². The third-order valence-electron chi connectivity index (χ3n) is 4.44. The van der Waals surface area contributed by atoms with Gasteiger partial charge in [-0.3, -0.25) is 4.79 Å². The molecule has 0 rings (SSSR count). The molecular weight excluding hydrogens is 297 g/mol. The zero-order valence-electron chi connectivity index (χ0n) is 16.8. The van der Waals surface area contributed by atoms with Crippen molar-refractivity contribution in [1.82, 2.24) is 0 Å². The standard InChI is InChI=1S/C19H39NO2.Na.H/c1-2-3-4-5-6-7-8-9-10-11-12-13-14-15-16-17-18(20)19(21)22;;/h18H,2-17,20H2,1H3,(H,21,22);;/q;+1;-1/t18-;;/m1../s1. The van der Waals surface area contributed by atoms with Crippen molar-refractivity contribution in [2.45, 2.75) is 116 Å². The van der Waals surface area contributed by atoms with Crippen LogP contribution in [0.2, 0.25) is 0 Å². The van der Waals surface area contributed by atoms with Gasteiger partial charge in [-0.1, -0.05) is 103 Å². The van der Waals surface area contributed by atoms with E-state index in [0.717, 1.165) is 12.8 Å². The minimum absolute atomic E-state index is 0. The van der Waals surface area contributed by atoms with Gasteiger partial charge in [-0.25, -0.2) is 0 Å². The molecular formula is C19H40NNaO2. The van der Waals surface area contributed by atoms with E-state index in [2.05, 4.69) is 6.92 Å². The fourth-order valence-electron chi connectivity index (χ4n) is 2.86. The number of rotatable bonds is 17. The van der Waals surface area contributed by atoms with Gasteiger partial charge in [-0.05, 0) is 6.42 Å². The zero-order valence-corrected chi connectivity index (χ0v) is 17.8. The van der Waals surface area contributed by atoms with Gasteiger partial charge in [0, 0.05) is 0 Å². The summed E-state index contributed by atoms with van der Waals surface area (Å²) in [6.07, 6.45) is 20.6. The summed E-state index contributed by atoms with van der Waals surface area (Å²) >= 11 is 0. The van der Waals surface area contributed by atoms with Gasteiger partial charge in [0.1, 0.15) is 6.04 Å². The van der Waals surface area contributed by atoms with Crippen LogP contribution in [0.5, 0.6) is 0 Å². The molecule has 0 heterocycles. The van der Waals surface area contributed by atoms with Crippen molar-refractivity contribution in [3.63, 3.8) is 0 Å². The number of carboxylic acids is 1. The summed E-state index contributed by atoms with van der Waals surface area (Å²) in [5.41, 5.74) is 5.47. The Morgan fingerprint density at radius 1 is 0.783 bits per heavy atom. The number of hydrogen-bond donors (Lipinski definition) is 2. The maximum atomic E-state index is 10.6. The Bertz CT molecular complexity index is 256. The third-order valence-corrected chi connectivity index (χ3v) is 4.44. The summed E-state index contributed by atoms with van der Waals surface area (Å²) < 4.78 is 0. The molecule has 4 heteroatoms. The van der Waals surface area contributed by atoms with Gasteiger partial charge in [0.15, 0.2) is 0 Å². The minimum Gasteiger partial charge on any atom is -1.00 e. The summed E-state index contributed by atoms with van der Waals surface area (Å²) in [6, 6.07) is -0.665. The van der Waals surface area contributed by atoms with Crippen molar-refractivity contribution in [1.29, 1.82) is 0 Å². The molecule has 0 aliphatic rings. The molecule has 0 saturated heterocycles. The predicted octanol–water partition coefficient (Wildman–Crippen LogP) is 2.78. The molecule has 3 N–H and O–H groups in total. The van der Waals surface area contributed by atoms with E-state index in [0.29, 0.717) is 6.42 Å². The first kappa shape index (κ1) is 25.7. The van der Waals surface area contributed by atoms with E-state index in [1.165, 1.54) is 83.5 Å². The van der Waals surface area contributed by atoms with Gasteiger partial charge in [0.05, 0.1) is 0 Å². The van der Waals surface area contributed by atoms with Crippen LogP contribution in [0.3, 0.4) is 0 Å². The summed E-state index contributed by atoms with van der Waals surface area (Å²) in [4.78, 5) is 10.6. The Hall–Kier alpha value is 0.430. The Labute approximate surface area is 168 Å². The molecule has 0 fully saturated rings. The van der Waals surface area contributed by atoms with Gasteiger partial charge in [0.25, 0.3) is 0 Å². The van der Waals surface area contributed by atoms with Crippen molar-refractivity contribution in [2.75, 3.05) is 0 Å². The average Bonchev–Trinajstić information content (AvgIpc) is 2.50. The Balaban J connectivity index is -0.00000220. The fourth-order valence-corrected chi connectivity index (χ4v) is 2.86. The van der Waals surface area contributed by atoms with Crippen molar-refractivity contribution in [3.05, 3.63) is 0 Å². The van der Waals surface area contributed by atoms with Gasteiger partial charge >= 0.3 is 35.5 Å². The molecule has 0 aromatic rings. The second kappa shape index (κ2) is 20.5. The SMILES string of the molecule is CCCCCCCCCCCCCCCCC[C@@H](N)C(=O)O.[H-].[Na+]. The van der Waals surface area contributed by atoms with Crippen LogP contribution in [-0.2, 0) is 4.79 Å². The molecule has 0 spiro atoms. The van der Waals surface area contributed by atoms with Crippen LogP contribution >= 0.6 is 0 Å².